The van der Waals surface area contributed by atoms with Gasteiger partial charge in [0.1, 0.15) is 23.3 Å². The molecule has 3 rings (SSSR count). The van der Waals surface area contributed by atoms with Crippen LogP contribution < -0.4 is 15.5 Å². The fourth-order valence-corrected chi connectivity index (χ4v) is 3.69. The molecule has 1 heterocycles. The van der Waals surface area contributed by atoms with Gasteiger partial charge in [-0.25, -0.2) is 5.43 Å². The number of hydrogen-bond donors (Lipinski definition) is 2. The molecule has 0 unspecified atom stereocenters. The van der Waals surface area contributed by atoms with E-state index in [9.17, 15) is 9.59 Å². The van der Waals surface area contributed by atoms with Gasteiger partial charge in [0.25, 0.3) is 11.8 Å². The number of carbonyl (C=O) groups excluding carboxylic acids is 2. The molecule has 0 saturated carbocycles. The molecule has 0 spiro atoms. The van der Waals surface area contributed by atoms with Crippen molar-refractivity contribution in [3.8, 4) is 17.1 Å². The molecule has 0 aliphatic carbocycles. The third-order valence-corrected chi connectivity index (χ3v) is 5.84. The van der Waals surface area contributed by atoms with Crippen molar-refractivity contribution in [3.05, 3.63) is 76.0 Å². The molecule has 0 aliphatic rings. The van der Waals surface area contributed by atoms with Crippen LogP contribution in [0.1, 0.15) is 31.6 Å². The van der Waals surface area contributed by atoms with Crippen molar-refractivity contribution in [2.45, 2.75) is 33.2 Å². The number of hydrogen-bond acceptors (Lipinski definition) is 5. The molecule has 9 heteroatoms. The zero-order chi connectivity index (χ0) is 25.4. The Bertz CT molecular complexity index is 1210. The third kappa shape index (κ3) is 7.60. The molecule has 1 atom stereocenters. The van der Waals surface area contributed by atoms with Crippen LogP contribution in [-0.4, -0.2) is 30.7 Å². The lowest BCUT2D eigenvalue weighted by Crippen LogP contribution is -2.47. The van der Waals surface area contributed by atoms with Crippen LogP contribution >= 0.6 is 23.2 Å². The Morgan fingerprint density at radius 2 is 1.86 bits per heavy atom. The molecule has 0 aliphatic heterocycles. The molecule has 0 bridgehead atoms. The number of benzene rings is 2. The highest BCUT2D eigenvalue weighted by Crippen LogP contribution is 2.34. The number of amides is 2. The number of rotatable bonds is 10. The van der Waals surface area contributed by atoms with E-state index in [1.54, 1.807) is 36.4 Å². The highest BCUT2D eigenvalue weighted by molar-refractivity contribution is 6.43. The van der Waals surface area contributed by atoms with Gasteiger partial charge in [0.2, 0.25) is 0 Å². The van der Waals surface area contributed by atoms with Crippen molar-refractivity contribution < 1.29 is 18.7 Å². The van der Waals surface area contributed by atoms with Gasteiger partial charge in [-0.15, -0.1) is 0 Å². The quantitative estimate of drug-likeness (QED) is 0.270. The van der Waals surface area contributed by atoms with Gasteiger partial charge in [-0.1, -0.05) is 61.3 Å². The predicted octanol–water partition coefficient (Wildman–Crippen LogP) is 5.62. The maximum Gasteiger partial charge on any atom is 0.262 e. The molecule has 1 aromatic heterocycles. The van der Waals surface area contributed by atoms with Crippen LogP contribution in [0.3, 0.4) is 0 Å². The fourth-order valence-electron chi connectivity index (χ4n) is 3.30. The summed E-state index contributed by atoms with van der Waals surface area (Å²) < 4.78 is 11.3. The van der Waals surface area contributed by atoms with Gasteiger partial charge in [0.05, 0.1) is 16.3 Å². The fraction of sp³-hybridized carbons (Fsp3) is 0.269. The van der Waals surface area contributed by atoms with Crippen LogP contribution in [0, 0.1) is 12.8 Å². The molecule has 0 fully saturated rings. The van der Waals surface area contributed by atoms with Crippen molar-refractivity contribution in [1.82, 2.24) is 10.7 Å². The van der Waals surface area contributed by atoms with E-state index in [2.05, 4.69) is 15.8 Å². The van der Waals surface area contributed by atoms with Crippen molar-refractivity contribution in [2.75, 3.05) is 6.61 Å². The van der Waals surface area contributed by atoms with Crippen molar-refractivity contribution >= 4 is 41.2 Å². The lowest BCUT2D eigenvalue weighted by molar-refractivity contribution is -0.130. The summed E-state index contributed by atoms with van der Waals surface area (Å²) in [7, 11) is 0. The smallest absolute Gasteiger partial charge is 0.262 e. The number of para-hydroxylation sites is 1. The Morgan fingerprint density at radius 3 is 2.60 bits per heavy atom. The second-order valence-corrected chi connectivity index (χ2v) is 9.13. The minimum absolute atomic E-state index is 0.169. The highest BCUT2D eigenvalue weighted by atomic mass is 35.5. The minimum Gasteiger partial charge on any atom is -0.484 e. The van der Waals surface area contributed by atoms with Gasteiger partial charge < -0.3 is 14.5 Å². The number of furan rings is 1. The SMILES string of the molecule is Cc1ccccc1OCC(=O)N[C@@H](CC(C)C)C(=O)N/N=C\c1ccc(-c2cccc(Cl)c2Cl)o1. The molecular weight excluding hydrogens is 489 g/mol. The van der Waals surface area contributed by atoms with Gasteiger partial charge in [0, 0.05) is 5.56 Å². The first-order chi connectivity index (χ1) is 16.7. The summed E-state index contributed by atoms with van der Waals surface area (Å²) in [4.78, 5) is 25.1. The summed E-state index contributed by atoms with van der Waals surface area (Å²) in [5, 5.41) is 7.50. The van der Waals surface area contributed by atoms with E-state index >= 15 is 0 Å². The van der Waals surface area contributed by atoms with Crippen LogP contribution in [0.25, 0.3) is 11.3 Å². The molecule has 35 heavy (non-hydrogen) atoms. The number of aryl methyl sites for hydroxylation is 1. The van der Waals surface area contributed by atoms with Crippen LogP contribution in [0.15, 0.2) is 64.1 Å². The third-order valence-electron chi connectivity index (χ3n) is 5.02. The van der Waals surface area contributed by atoms with E-state index in [1.807, 2.05) is 39.0 Å². The topological polar surface area (TPSA) is 92.9 Å². The Labute approximate surface area is 214 Å². The molecule has 2 N–H and O–H groups in total. The first kappa shape index (κ1) is 26.3. The van der Waals surface area contributed by atoms with Gasteiger partial charge in [0.15, 0.2) is 6.61 Å². The summed E-state index contributed by atoms with van der Waals surface area (Å²) in [5.74, 6) is 0.878. The monoisotopic (exact) mass is 515 g/mol. The highest BCUT2D eigenvalue weighted by Gasteiger charge is 2.22. The van der Waals surface area contributed by atoms with E-state index in [4.69, 9.17) is 32.4 Å². The molecule has 0 radical (unpaired) electrons. The molecule has 184 valence electrons. The number of halogens is 2. The molecule has 3 aromatic rings. The number of carbonyl (C=O) groups is 2. The maximum absolute atomic E-state index is 12.7. The van der Waals surface area contributed by atoms with Crippen LogP contribution in [-0.2, 0) is 9.59 Å². The number of nitrogens with one attached hydrogen (secondary N) is 2. The van der Waals surface area contributed by atoms with Crippen LogP contribution in [0.4, 0.5) is 0 Å². The van der Waals surface area contributed by atoms with E-state index in [1.165, 1.54) is 6.21 Å². The first-order valence-corrected chi connectivity index (χ1v) is 11.8. The maximum atomic E-state index is 12.7. The number of ether oxygens (including phenoxy) is 1. The standard InChI is InChI=1S/C26H27Cl2N3O4/c1-16(2)13-21(30-24(32)15-34-22-10-5-4-7-17(22)3)26(33)31-29-14-18-11-12-23(35-18)19-8-6-9-20(27)25(19)28/h4-12,14,16,21H,13,15H2,1-3H3,(H,30,32)(H,31,33)/b29-14-/t21-/m0/s1. The van der Waals surface area contributed by atoms with E-state index in [-0.39, 0.29) is 12.5 Å². The number of hydrazone groups is 1. The first-order valence-electron chi connectivity index (χ1n) is 11.1. The van der Waals surface area contributed by atoms with E-state index in [0.29, 0.717) is 39.3 Å². The van der Waals surface area contributed by atoms with Crippen molar-refractivity contribution in [3.63, 3.8) is 0 Å². The summed E-state index contributed by atoms with van der Waals surface area (Å²) >= 11 is 12.3. The summed E-state index contributed by atoms with van der Waals surface area (Å²) in [6.45, 7) is 5.62. The van der Waals surface area contributed by atoms with Gasteiger partial charge in [-0.05, 0) is 55.2 Å². The molecule has 2 amide bonds. The normalized spacial score (nSPS) is 12.1. The van der Waals surface area contributed by atoms with Crippen molar-refractivity contribution in [2.24, 2.45) is 11.0 Å². The van der Waals surface area contributed by atoms with Gasteiger partial charge in [-0.2, -0.15) is 5.10 Å². The summed E-state index contributed by atoms with van der Waals surface area (Å²) in [6, 6.07) is 15.3. The summed E-state index contributed by atoms with van der Waals surface area (Å²) in [5.41, 5.74) is 4.03. The molecule has 0 saturated heterocycles. The Balaban J connectivity index is 1.58. The Kier molecular flexibility index (Phi) is 9.34. The average Bonchev–Trinajstić information content (AvgIpc) is 3.28. The largest absolute Gasteiger partial charge is 0.484 e. The van der Waals surface area contributed by atoms with E-state index in [0.717, 1.165) is 5.56 Å². The average molecular weight is 516 g/mol. The van der Waals surface area contributed by atoms with Gasteiger partial charge >= 0.3 is 0 Å². The number of nitrogens with zero attached hydrogens (tertiary/aromatic N) is 1. The second kappa shape index (κ2) is 12.4. The summed E-state index contributed by atoms with van der Waals surface area (Å²) in [6.07, 6.45) is 1.81. The second-order valence-electron chi connectivity index (χ2n) is 8.34. The van der Waals surface area contributed by atoms with Gasteiger partial charge in [-0.3, -0.25) is 9.59 Å². The predicted molar refractivity (Wildman–Crippen MR) is 138 cm³/mol. The Hall–Kier alpha value is -3.29. The molecule has 7 nitrogen and oxygen atoms in total. The Morgan fingerprint density at radius 1 is 1.09 bits per heavy atom. The molecule has 2 aromatic carbocycles. The van der Waals surface area contributed by atoms with E-state index < -0.39 is 17.9 Å². The van der Waals surface area contributed by atoms with Crippen LogP contribution in [0.5, 0.6) is 5.75 Å². The zero-order valence-corrected chi connectivity index (χ0v) is 21.2. The molecular formula is C26H27Cl2N3O4. The minimum atomic E-state index is -0.766. The zero-order valence-electron chi connectivity index (χ0n) is 19.7. The lowest BCUT2D eigenvalue weighted by atomic mass is 10.0. The van der Waals surface area contributed by atoms with Crippen molar-refractivity contribution in [1.29, 1.82) is 0 Å². The lowest BCUT2D eigenvalue weighted by Gasteiger charge is -2.19. The van der Waals surface area contributed by atoms with Crippen LogP contribution in [0.2, 0.25) is 10.0 Å².